The van der Waals surface area contributed by atoms with Crippen LogP contribution in [0.25, 0.3) is 0 Å². The number of sulfonamides is 1. The van der Waals surface area contributed by atoms with Crippen LogP contribution < -0.4 is 15.4 Å². The molecule has 1 aromatic carbocycles. The van der Waals surface area contributed by atoms with Crippen molar-refractivity contribution >= 4 is 21.6 Å². The first kappa shape index (κ1) is 15.8. The molecule has 1 atom stereocenters. The van der Waals surface area contributed by atoms with Crippen LogP contribution in [-0.2, 0) is 14.8 Å². The Morgan fingerprint density at radius 3 is 2.76 bits per heavy atom. The molecule has 0 spiro atoms. The molecule has 6 nitrogen and oxygen atoms in total. The van der Waals surface area contributed by atoms with E-state index in [-0.39, 0.29) is 23.4 Å². The molecule has 1 aromatic rings. The molecule has 1 unspecified atom stereocenters. The molecule has 116 valence electrons. The van der Waals surface area contributed by atoms with Crippen molar-refractivity contribution in [2.45, 2.75) is 37.1 Å². The van der Waals surface area contributed by atoms with Crippen molar-refractivity contribution in [2.75, 3.05) is 18.4 Å². The lowest BCUT2D eigenvalue weighted by Gasteiger charge is -2.15. The number of para-hydroxylation sites is 1. The minimum absolute atomic E-state index is 0.0239. The molecular formula is C14H21N3O3S. The lowest BCUT2D eigenvalue weighted by atomic mass is 10.2. The van der Waals surface area contributed by atoms with Crippen LogP contribution in [0.3, 0.4) is 0 Å². The fourth-order valence-corrected chi connectivity index (χ4v) is 3.49. The largest absolute Gasteiger partial charge is 0.384 e. The zero-order valence-electron chi connectivity index (χ0n) is 12.1. The highest BCUT2D eigenvalue weighted by Crippen LogP contribution is 2.20. The Morgan fingerprint density at radius 1 is 1.33 bits per heavy atom. The maximum Gasteiger partial charge on any atom is 0.242 e. The number of hydrogen-bond acceptors (Lipinski definition) is 4. The zero-order valence-corrected chi connectivity index (χ0v) is 12.9. The molecule has 3 N–H and O–H groups in total. The fourth-order valence-electron chi connectivity index (χ4n) is 2.23. The van der Waals surface area contributed by atoms with E-state index in [9.17, 15) is 13.2 Å². The van der Waals surface area contributed by atoms with Crippen molar-refractivity contribution in [1.82, 2.24) is 10.0 Å². The minimum Gasteiger partial charge on any atom is -0.384 e. The number of benzene rings is 1. The van der Waals surface area contributed by atoms with Crippen molar-refractivity contribution < 1.29 is 13.2 Å². The lowest BCUT2D eigenvalue weighted by molar-refractivity contribution is -0.119. The predicted octanol–water partition coefficient (Wildman–Crippen LogP) is 1.07. The van der Waals surface area contributed by atoms with Gasteiger partial charge in [0.25, 0.3) is 0 Å². The number of nitrogens with one attached hydrogen (secondary N) is 3. The van der Waals surface area contributed by atoms with Gasteiger partial charge in [-0.15, -0.1) is 0 Å². The van der Waals surface area contributed by atoms with Gasteiger partial charge in [0.05, 0.1) is 5.69 Å². The summed E-state index contributed by atoms with van der Waals surface area (Å²) in [5.41, 5.74) is 0.599. The second kappa shape index (κ2) is 6.91. The first-order chi connectivity index (χ1) is 10.0. The number of anilines is 1. The molecule has 1 amide bonds. The van der Waals surface area contributed by atoms with E-state index in [4.69, 9.17) is 0 Å². The molecular weight excluding hydrogens is 290 g/mol. The normalized spacial score (nSPS) is 18.5. The average molecular weight is 311 g/mol. The summed E-state index contributed by atoms with van der Waals surface area (Å²) in [4.78, 5) is 11.4. The van der Waals surface area contributed by atoms with Gasteiger partial charge in [-0.2, -0.15) is 0 Å². The number of carbonyl (C=O) groups is 1. The third kappa shape index (κ3) is 4.18. The number of amides is 1. The molecule has 7 heteroatoms. The molecule has 21 heavy (non-hydrogen) atoms. The Hall–Kier alpha value is -1.60. The van der Waals surface area contributed by atoms with Gasteiger partial charge in [-0.05, 0) is 25.0 Å². The van der Waals surface area contributed by atoms with Crippen LogP contribution >= 0.6 is 0 Å². The topological polar surface area (TPSA) is 87.3 Å². The molecule has 0 radical (unpaired) electrons. The summed E-state index contributed by atoms with van der Waals surface area (Å²) >= 11 is 0. The Kier molecular flexibility index (Phi) is 5.19. The van der Waals surface area contributed by atoms with Crippen LogP contribution in [0.5, 0.6) is 0 Å². The number of hydrogen-bond donors (Lipinski definition) is 3. The summed E-state index contributed by atoms with van der Waals surface area (Å²) in [6.45, 7) is 2.95. The van der Waals surface area contributed by atoms with E-state index >= 15 is 0 Å². The molecule has 0 bridgehead atoms. The smallest absolute Gasteiger partial charge is 0.242 e. The second-order valence-electron chi connectivity index (χ2n) is 5.08. The van der Waals surface area contributed by atoms with Crippen LogP contribution in [0.4, 0.5) is 5.69 Å². The van der Waals surface area contributed by atoms with Gasteiger partial charge in [0, 0.05) is 25.6 Å². The van der Waals surface area contributed by atoms with Gasteiger partial charge in [0.1, 0.15) is 4.90 Å². The molecule has 1 heterocycles. The Balaban J connectivity index is 2.06. The zero-order chi connectivity index (χ0) is 15.3. The standard InChI is InChI=1S/C14H21N3O3S/c1-2-9-15-12-5-3-4-6-13(12)21(19,20)16-10-11-7-8-14(18)17-11/h3-6,11,15-16H,2,7-10H2,1H3,(H,17,18). The highest BCUT2D eigenvalue weighted by molar-refractivity contribution is 7.89. The summed E-state index contributed by atoms with van der Waals surface area (Å²) in [5.74, 6) is -0.0239. The van der Waals surface area contributed by atoms with E-state index in [1.807, 2.05) is 6.92 Å². The minimum atomic E-state index is -3.59. The maximum absolute atomic E-state index is 12.4. The summed E-state index contributed by atoms with van der Waals surface area (Å²) in [5, 5.41) is 5.86. The summed E-state index contributed by atoms with van der Waals surface area (Å²) < 4.78 is 27.4. The van der Waals surface area contributed by atoms with Crippen LogP contribution in [0, 0.1) is 0 Å². The lowest BCUT2D eigenvalue weighted by Crippen LogP contribution is -2.38. The highest BCUT2D eigenvalue weighted by Gasteiger charge is 2.24. The molecule has 0 saturated carbocycles. The third-order valence-corrected chi connectivity index (χ3v) is 4.83. The average Bonchev–Trinajstić information content (AvgIpc) is 2.89. The molecule has 0 aromatic heterocycles. The Morgan fingerprint density at radius 2 is 2.10 bits per heavy atom. The molecule has 0 aliphatic carbocycles. The van der Waals surface area contributed by atoms with Gasteiger partial charge in [-0.1, -0.05) is 19.1 Å². The van der Waals surface area contributed by atoms with Crippen molar-refractivity contribution in [2.24, 2.45) is 0 Å². The summed E-state index contributed by atoms with van der Waals surface area (Å²) in [7, 11) is -3.59. The van der Waals surface area contributed by atoms with Gasteiger partial charge < -0.3 is 10.6 Å². The van der Waals surface area contributed by atoms with E-state index < -0.39 is 10.0 Å². The third-order valence-electron chi connectivity index (χ3n) is 3.35. The van der Waals surface area contributed by atoms with E-state index in [2.05, 4.69) is 15.4 Å². The van der Waals surface area contributed by atoms with Crippen LogP contribution in [0.2, 0.25) is 0 Å². The number of carbonyl (C=O) groups excluding carboxylic acids is 1. The molecule has 1 aliphatic rings. The van der Waals surface area contributed by atoms with Crippen LogP contribution in [0.15, 0.2) is 29.2 Å². The van der Waals surface area contributed by atoms with Crippen LogP contribution in [0.1, 0.15) is 26.2 Å². The van der Waals surface area contributed by atoms with Gasteiger partial charge in [0.2, 0.25) is 15.9 Å². The maximum atomic E-state index is 12.4. The first-order valence-electron chi connectivity index (χ1n) is 7.15. The summed E-state index contributed by atoms with van der Waals surface area (Å²) in [6.07, 6.45) is 2.04. The van der Waals surface area contributed by atoms with E-state index in [1.165, 1.54) is 0 Å². The monoisotopic (exact) mass is 311 g/mol. The second-order valence-corrected chi connectivity index (χ2v) is 6.81. The Bertz CT molecular complexity index is 601. The van der Waals surface area contributed by atoms with Gasteiger partial charge >= 0.3 is 0 Å². The predicted molar refractivity (Wildman–Crippen MR) is 81.6 cm³/mol. The quantitative estimate of drug-likeness (QED) is 0.703. The number of rotatable bonds is 7. The van der Waals surface area contributed by atoms with Gasteiger partial charge in [-0.3, -0.25) is 4.79 Å². The Labute approximate surface area is 125 Å². The SMILES string of the molecule is CCCNc1ccccc1S(=O)(=O)NCC1CCC(=O)N1. The van der Waals surface area contributed by atoms with Crippen LogP contribution in [-0.4, -0.2) is 33.5 Å². The fraction of sp³-hybridized carbons (Fsp3) is 0.500. The summed E-state index contributed by atoms with van der Waals surface area (Å²) in [6, 6.07) is 6.70. The van der Waals surface area contributed by atoms with E-state index in [0.717, 1.165) is 6.42 Å². The van der Waals surface area contributed by atoms with Crippen molar-refractivity contribution in [3.63, 3.8) is 0 Å². The first-order valence-corrected chi connectivity index (χ1v) is 8.63. The van der Waals surface area contributed by atoms with E-state index in [0.29, 0.717) is 25.1 Å². The molecule has 1 saturated heterocycles. The van der Waals surface area contributed by atoms with E-state index in [1.54, 1.807) is 24.3 Å². The molecule has 1 fully saturated rings. The van der Waals surface area contributed by atoms with Gasteiger partial charge in [0.15, 0.2) is 0 Å². The van der Waals surface area contributed by atoms with Crippen molar-refractivity contribution in [3.8, 4) is 0 Å². The molecule has 2 rings (SSSR count). The van der Waals surface area contributed by atoms with Crippen molar-refractivity contribution in [3.05, 3.63) is 24.3 Å². The van der Waals surface area contributed by atoms with Crippen molar-refractivity contribution in [1.29, 1.82) is 0 Å². The highest BCUT2D eigenvalue weighted by atomic mass is 32.2. The molecule has 1 aliphatic heterocycles. The van der Waals surface area contributed by atoms with Gasteiger partial charge in [-0.25, -0.2) is 13.1 Å².